The summed E-state index contributed by atoms with van der Waals surface area (Å²) in [5.41, 5.74) is -0.244. The number of hydrogen-bond acceptors (Lipinski definition) is 4. The van der Waals surface area contributed by atoms with Crippen molar-refractivity contribution in [2.24, 2.45) is 0 Å². The molecule has 0 saturated heterocycles. The summed E-state index contributed by atoms with van der Waals surface area (Å²) in [6.45, 7) is 5.17. The van der Waals surface area contributed by atoms with Crippen LogP contribution >= 0.6 is 11.3 Å². The molecule has 0 spiro atoms. The number of nitrogens with one attached hydrogen (secondary N) is 1. The van der Waals surface area contributed by atoms with Crippen molar-refractivity contribution in [2.75, 3.05) is 5.32 Å². The van der Waals surface area contributed by atoms with E-state index in [1.165, 1.54) is 12.1 Å². The fourth-order valence-corrected chi connectivity index (χ4v) is 2.86. The summed E-state index contributed by atoms with van der Waals surface area (Å²) in [7, 11) is 5.79. The lowest BCUT2D eigenvalue weighted by molar-refractivity contribution is 0.0636. The first-order valence-corrected chi connectivity index (χ1v) is 6.95. The quantitative estimate of drug-likeness (QED) is 0.824. The Morgan fingerprint density at radius 3 is 2.71 bits per heavy atom. The molecule has 106 valence electrons. The molecule has 7 heteroatoms. The van der Waals surface area contributed by atoms with E-state index >= 15 is 0 Å². The summed E-state index contributed by atoms with van der Waals surface area (Å²) in [5, 5.41) is 12.3. The number of fused-ring (bicyclic) bond motifs is 1. The Hall–Kier alpha value is -2.07. The normalized spacial score (nSPS) is 11.2. The maximum atomic E-state index is 13.8. The van der Waals surface area contributed by atoms with E-state index in [0.29, 0.717) is 5.39 Å². The fraction of sp³-hybridized carbons (Fsp3) is 0.286. The third kappa shape index (κ3) is 3.16. The Morgan fingerprint density at radius 2 is 2.14 bits per heavy atom. The lowest BCUT2D eigenvalue weighted by atomic mass is 9.91. The first kappa shape index (κ1) is 15.3. The second-order valence-electron chi connectivity index (χ2n) is 5.39. The Bertz CT molecular complexity index is 759. The van der Waals surface area contributed by atoms with E-state index in [1.54, 1.807) is 20.8 Å². The van der Waals surface area contributed by atoms with Crippen LogP contribution in [0.3, 0.4) is 0 Å². The highest BCUT2D eigenvalue weighted by atomic mass is 32.1. The molecule has 0 saturated carbocycles. The van der Waals surface area contributed by atoms with E-state index in [1.807, 2.05) is 6.07 Å². The van der Waals surface area contributed by atoms with Gasteiger partial charge >= 0.3 is 6.09 Å². The zero-order valence-corrected chi connectivity index (χ0v) is 12.6. The summed E-state index contributed by atoms with van der Waals surface area (Å²) in [5.74, 6) is -0.488. The highest BCUT2D eigenvalue weighted by Crippen LogP contribution is 2.35. The topological polar surface area (TPSA) is 62.1 Å². The monoisotopic (exact) mass is 302 g/mol. The number of carbonyl (C=O) groups excluding carboxylic acids is 1. The first-order valence-electron chi connectivity index (χ1n) is 6.13. The van der Waals surface area contributed by atoms with Gasteiger partial charge in [-0.05, 0) is 26.8 Å². The predicted octanol–water partition coefficient (Wildman–Crippen LogP) is 3.05. The molecule has 2 aromatic rings. The molecule has 0 unspecified atom stereocenters. The maximum absolute atomic E-state index is 13.8. The second kappa shape index (κ2) is 5.37. The lowest BCUT2D eigenvalue weighted by Gasteiger charge is -2.19. The SMILES string of the molecule is [B]c1ccc(F)c2sc(NC(=O)OC(C)(C)C)c(C#N)c12. The van der Waals surface area contributed by atoms with Crippen LogP contribution in [-0.4, -0.2) is 19.5 Å². The van der Waals surface area contributed by atoms with Crippen LogP contribution in [0.5, 0.6) is 0 Å². The van der Waals surface area contributed by atoms with Crippen LogP contribution in [0.2, 0.25) is 0 Å². The number of benzene rings is 1. The highest BCUT2D eigenvalue weighted by molar-refractivity contribution is 7.23. The van der Waals surface area contributed by atoms with Gasteiger partial charge in [-0.1, -0.05) is 11.5 Å². The minimum Gasteiger partial charge on any atom is -0.444 e. The van der Waals surface area contributed by atoms with Gasteiger partial charge in [-0.3, -0.25) is 5.32 Å². The van der Waals surface area contributed by atoms with Gasteiger partial charge in [0, 0.05) is 5.39 Å². The Kier molecular flexibility index (Phi) is 3.92. The average molecular weight is 302 g/mol. The number of thiophene rings is 1. The first-order chi connectivity index (χ1) is 9.73. The molecule has 0 atom stereocenters. The molecule has 1 N–H and O–H groups in total. The molecule has 1 heterocycles. The Morgan fingerprint density at radius 1 is 1.48 bits per heavy atom. The minimum atomic E-state index is -0.704. The number of hydrogen-bond donors (Lipinski definition) is 1. The van der Waals surface area contributed by atoms with Crippen molar-refractivity contribution in [3.05, 3.63) is 23.5 Å². The maximum Gasteiger partial charge on any atom is 0.412 e. The van der Waals surface area contributed by atoms with Gasteiger partial charge in [0.25, 0.3) is 0 Å². The average Bonchev–Trinajstić information content (AvgIpc) is 2.71. The van der Waals surface area contributed by atoms with Gasteiger partial charge in [0.15, 0.2) is 0 Å². The van der Waals surface area contributed by atoms with E-state index in [0.717, 1.165) is 11.3 Å². The molecule has 21 heavy (non-hydrogen) atoms. The van der Waals surface area contributed by atoms with Gasteiger partial charge in [0.2, 0.25) is 0 Å². The summed E-state index contributed by atoms with van der Waals surface area (Å²) < 4.78 is 19.2. The van der Waals surface area contributed by atoms with Crippen molar-refractivity contribution in [3.63, 3.8) is 0 Å². The number of anilines is 1. The molecule has 1 aromatic carbocycles. The molecule has 0 aliphatic carbocycles. The molecule has 2 radical (unpaired) electrons. The van der Waals surface area contributed by atoms with Crippen LogP contribution in [0, 0.1) is 17.1 Å². The van der Waals surface area contributed by atoms with Crippen molar-refractivity contribution in [1.82, 2.24) is 0 Å². The van der Waals surface area contributed by atoms with Crippen LogP contribution in [0.15, 0.2) is 12.1 Å². The number of ether oxygens (including phenoxy) is 1. The van der Waals surface area contributed by atoms with Crippen molar-refractivity contribution >= 4 is 45.8 Å². The van der Waals surface area contributed by atoms with Crippen molar-refractivity contribution in [2.45, 2.75) is 26.4 Å². The summed E-state index contributed by atoms with van der Waals surface area (Å²) >= 11 is 0.954. The molecule has 4 nitrogen and oxygen atoms in total. The Labute approximate surface area is 126 Å². The molecule has 2 rings (SSSR count). The molecule has 0 aliphatic rings. The van der Waals surface area contributed by atoms with Crippen molar-refractivity contribution in [3.8, 4) is 6.07 Å². The zero-order valence-electron chi connectivity index (χ0n) is 11.8. The van der Waals surface area contributed by atoms with Crippen molar-refractivity contribution < 1.29 is 13.9 Å². The third-order valence-corrected chi connectivity index (χ3v) is 3.66. The largest absolute Gasteiger partial charge is 0.444 e. The third-order valence-electron chi connectivity index (χ3n) is 2.55. The smallest absolute Gasteiger partial charge is 0.412 e. The van der Waals surface area contributed by atoms with Crippen LogP contribution in [0.25, 0.3) is 10.1 Å². The zero-order chi connectivity index (χ0) is 15.8. The standard InChI is InChI=1S/C14H12BFN2O2S/c1-14(2,3)20-13(19)18-12-7(6-17)10-8(15)4-5-9(16)11(10)21-12/h4-5H,1-3H3,(H,18,19). The molecule has 0 fully saturated rings. The molecular weight excluding hydrogens is 290 g/mol. The van der Waals surface area contributed by atoms with E-state index in [4.69, 9.17) is 12.6 Å². The van der Waals surface area contributed by atoms with Crippen molar-refractivity contribution in [1.29, 1.82) is 5.26 Å². The minimum absolute atomic E-state index is 0.137. The summed E-state index contributed by atoms with van der Waals surface area (Å²) in [4.78, 5) is 11.8. The molecule has 0 bridgehead atoms. The number of nitrogens with zero attached hydrogens (tertiary/aromatic N) is 1. The number of amides is 1. The van der Waals surface area contributed by atoms with Crippen LogP contribution < -0.4 is 10.8 Å². The van der Waals surface area contributed by atoms with Crippen LogP contribution in [0.1, 0.15) is 26.3 Å². The van der Waals surface area contributed by atoms with E-state index < -0.39 is 17.5 Å². The second-order valence-corrected chi connectivity index (χ2v) is 6.41. The van der Waals surface area contributed by atoms with Crippen LogP contribution in [-0.2, 0) is 4.74 Å². The molecule has 1 aromatic heterocycles. The van der Waals surface area contributed by atoms with E-state index in [-0.39, 0.29) is 20.7 Å². The predicted molar refractivity (Wildman–Crippen MR) is 81.7 cm³/mol. The number of carbonyl (C=O) groups is 1. The number of nitriles is 1. The molecule has 0 aliphatic heterocycles. The highest BCUT2D eigenvalue weighted by Gasteiger charge is 2.21. The fourth-order valence-electron chi connectivity index (χ4n) is 1.79. The van der Waals surface area contributed by atoms with Crippen LogP contribution in [0.4, 0.5) is 14.2 Å². The molecular formula is C14H12BFN2O2S. The van der Waals surface area contributed by atoms with Gasteiger partial charge in [-0.15, -0.1) is 11.3 Å². The summed E-state index contributed by atoms with van der Waals surface area (Å²) in [6.07, 6.45) is -0.704. The Balaban J connectivity index is 2.46. The summed E-state index contributed by atoms with van der Waals surface area (Å²) in [6, 6.07) is 4.57. The van der Waals surface area contributed by atoms with Gasteiger partial charge < -0.3 is 4.74 Å². The number of rotatable bonds is 1. The van der Waals surface area contributed by atoms with Gasteiger partial charge in [-0.25, -0.2) is 9.18 Å². The lowest BCUT2D eigenvalue weighted by Crippen LogP contribution is -2.27. The van der Waals surface area contributed by atoms with Gasteiger partial charge in [0.1, 0.15) is 30.3 Å². The number of halogens is 1. The van der Waals surface area contributed by atoms with Gasteiger partial charge in [0.05, 0.1) is 10.3 Å². The van der Waals surface area contributed by atoms with Gasteiger partial charge in [-0.2, -0.15) is 5.26 Å². The van der Waals surface area contributed by atoms with E-state index in [2.05, 4.69) is 5.32 Å². The van der Waals surface area contributed by atoms with E-state index in [9.17, 15) is 14.4 Å². The molecule has 1 amide bonds.